The molecule has 9 heteroatoms. The van der Waals surface area contributed by atoms with Crippen LogP contribution in [0.4, 0.5) is 11.4 Å². The number of anilines is 2. The molecule has 2 unspecified atom stereocenters. The second kappa shape index (κ2) is 9.01. The molecule has 2 aromatic carbocycles. The number of hydrogen-bond donors (Lipinski definition) is 2. The van der Waals surface area contributed by atoms with Crippen molar-refractivity contribution in [3.8, 4) is 0 Å². The summed E-state index contributed by atoms with van der Waals surface area (Å²) in [6, 6.07) is 13.6. The molecular weight excluding hydrogens is 428 g/mol. The van der Waals surface area contributed by atoms with Gasteiger partial charge in [-0.15, -0.1) is 0 Å². The largest absolute Gasteiger partial charge is 0.326 e. The Hall–Kier alpha value is -2.75. The summed E-state index contributed by atoms with van der Waals surface area (Å²) in [7, 11) is -3.66. The topological polar surface area (TPSA) is 98.8 Å². The normalized spacial score (nSPS) is 21.3. The number of rotatable bonds is 6. The van der Waals surface area contributed by atoms with Gasteiger partial charge >= 0.3 is 0 Å². The highest BCUT2D eigenvalue weighted by molar-refractivity contribution is 7.89. The van der Waals surface area contributed by atoms with E-state index in [4.69, 9.17) is 0 Å². The second-order valence-corrected chi connectivity index (χ2v) is 10.3. The van der Waals surface area contributed by atoms with Crippen LogP contribution in [-0.4, -0.2) is 61.2 Å². The number of para-hydroxylation sites is 1. The summed E-state index contributed by atoms with van der Waals surface area (Å²) in [5, 5.41) is 5.60. The standard InChI is InChI=1S/C23H28N4O4S/c1-16-5-3-4-6-22(16)25-23(29)15-26-13-19-9-10-20(14-26)27(19)32(30,31)21-11-7-18(8-12-21)24-17(2)28/h3-8,11-12,19-20H,9-10,13-15H2,1-2H3,(H,24,28)(H,25,29). The number of nitrogens with one attached hydrogen (secondary N) is 2. The molecule has 32 heavy (non-hydrogen) atoms. The number of sulfonamides is 1. The Kier molecular flexibility index (Phi) is 6.32. The van der Waals surface area contributed by atoms with Crippen molar-refractivity contribution >= 4 is 33.2 Å². The first kappa shape index (κ1) is 22.4. The predicted molar refractivity (Wildman–Crippen MR) is 123 cm³/mol. The Bertz CT molecular complexity index is 1100. The average molecular weight is 457 g/mol. The maximum Gasteiger partial charge on any atom is 0.243 e. The fourth-order valence-corrected chi connectivity index (χ4v) is 6.47. The lowest BCUT2D eigenvalue weighted by molar-refractivity contribution is -0.118. The van der Waals surface area contributed by atoms with Gasteiger partial charge in [-0.25, -0.2) is 8.42 Å². The van der Waals surface area contributed by atoms with Gasteiger partial charge in [0.1, 0.15) is 0 Å². The highest BCUT2D eigenvalue weighted by Gasteiger charge is 2.46. The molecule has 2 saturated heterocycles. The molecule has 8 nitrogen and oxygen atoms in total. The molecule has 0 radical (unpaired) electrons. The third-order valence-corrected chi connectivity index (χ3v) is 8.05. The molecule has 2 heterocycles. The number of benzene rings is 2. The van der Waals surface area contributed by atoms with Gasteiger partial charge in [-0.3, -0.25) is 14.5 Å². The van der Waals surface area contributed by atoms with Gasteiger partial charge in [0.05, 0.1) is 11.4 Å². The van der Waals surface area contributed by atoms with E-state index in [0.717, 1.165) is 24.1 Å². The molecule has 2 aromatic rings. The van der Waals surface area contributed by atoms with E-state index in [1.165, 1.54) is 19.1 Å². The van der Waals surface area contributed by atoms with Crippen LogP contribution in [-0.2, 0) is 19.6 Å². The summed E-state index contributed by atoms with van der Waals surface area (Å²) in [5.41, 5.74) is 2.36. The average Bonchev–Trinajstić information content (AvgIpc) is 3.02. The van der Waals surface area contributed by atoms with Crippen LogP contribution in [0.25, 0.3) is 0 Å². The lowest BCUT2D eigenvalue weighted by Gasteiger charge is -2.39. The smallest absolute Gasteiger partial charge is 0.243 e. The molecule has 2 aliphatic rings. The van der Waals surface area contributed by atoms with Crippen LogP contribution in [0.1, 0.15) is 25.3 Å². The van der Waals surface area contributed by atoms with Crippen molar-refractivity contribution in [1.29, 1.82) is 0 Å². The Balaban J connectivity index is 1.42. The quantitative estimate of drug-likeness (QED) is 0.696. The third-order valence-electron chi connectivity index (χ3n) is 6.03. The fraction of sp³-hybridized carbons (Fsp3) is 0.391. The number of piperazine rings is 1. The third kappa shape index (κ3) is 4.69. The van der Waals surface area contributed by atoms with E-state index in [-0.39, 0.29) is 35.3 Å². The number of carbonyl (C=O) groups is 2. The van der Waals surface area contributed by atoms with E-state index in [1.807, 2.05) is 36.1 Å². The number of nitrogens with zero attached hydrogens (tertiary/aromatic N) is 2. The Morgan fingerprint density at radius 1 is 0.969 bits per heavy atom. The van der Waals surface area contributed by atoms with Gasteiger partial charge in [0.25, 0.3) is 0 Å². The summed E-state index contributed by atoms with van der Waals surface area (Å²) in [6.07, 6.45) is 1.56. The van der Waals surface area contributed by atoms with E-state index in [0.29, 0.717) is 18.8 Å². The van der Waals surface area contributed by atoms with E-state index in [9.17, 15) is 18.0 Å². The van der Waals surface area contributed by atoms with E-state index in [1.54, 1.807) is 16.4 Å². The van der Waals surface area contributed by atoms with Crippen LogP contribution in [0.15, 0.2) is 53.4 Å². The first-order valence-electron chi connectivity index (χ1n) is 10.7. The lowest BCUT2D eigenvalue weighted by atomic mass is 10.2. The number of aryl methyl sites for hydroxylation is 1. The van der Waals surface area contributed by atoms with Gasteiger partial charge in [-0.1, -0.05) is 18.2 Å². The summed E-state index contributed by atoms with van der Waals surface area (Å²) in [5.74, 6) is -0.301. The van der Waals surface area contributed by atoms with Gasteiger partial charge in [-0.05, 0) is 55.7 Å². The highest BCUT2D eigenvalue weighted by Crippen LogP contribution is 2.35. The lowest BCUT2D eigenvalue weighted by Crippen LogP contribution is -2.56. The molecule has 2 N–H and O–H groups in total. The van der Waals surface area contributed by atoms with E-state index >= 15 is 0 Å². The van der Waals surface area contributed by atoms with Crippen molar-refractivity contribution < 1.29 is 18.0 Å². The van der Waals surface area contributed by atoms with Gasteiger partial charge in [-0.2, -0.15) is 4.31 Å². The van der Waals surface area contributed by atoms with Crippen molar-refractivity contribution in [3.63, 3.8) is 0 Å². The van der Waals surface area contributed by atoms with Crippen LogP contribution in [0.2, 0.25) is 0 Å². The SMILES string of the molecule is CC(=O)Nc1ccc(S(=O)(=O)N2C3CCC2CN(CC(=O)Nc2ccccc2C)C3)cc1. The van der Waals surface area contributed by atoms with Crippen molar-refractivity contribution in [1.82, 2.24) is 9.21 Å². The monoisotopic (exact) mass is 456 g/mol. The van der Waals surface area contributed by atoms with Gasteiger partial charge in [0.15, 0.2) is 0 Å². The fourth-order valence-electron chi connectivity index (χ4n) is 4.61. The number of fused-ring (bicyclic) bond motifs is 2. The summed E-state index contributed by atoms with van der Waals surface area (Å²) < 4.78 is 28.3. The maximum atomic E-state index is 13.3. The molecule has 0 spiro atoms. The van der Waals surface area contributed by atoms with Gasteiger partial charge in [0.2, 0.25) is 21.8 Å². The number of amides is 2. The molecule has 2 bridgehead atoms. The van der Waals surface area contributed by atoms with Crippen LogP contribution in [0.5, 0.6) is 0 Å². The number of carbonyl (C=O) groups excluding carboxylic acids is 2. The molecule has 0 saturated carbocycles. The highest BCUT2D eigenvalue weighted by atomic mass is 32.2. The van der Waals surface area contributed by atoms with Gasteiger partial charge in [0, 0.05) is 43.5 Å². The van der Waals surface area contributed by atoms with Crippen molar-refractivity contribution in [2.45, 2.75) is 43.7 Å². The minimum atomic E-state index is -3.66. The Labute approximate surface area is 188 Å². The van der Waals surface area contributed by atoms with Crippen LogP contribution >= 0.6 is 0 Å². The van der Waals surface area contributed by atoms with Crippen LogP contribution in [0, 0.1) is 6.92 Å². The molecule has 2 fully saturated rings. The molecule has 2 aliphatic heterocycles. The maximum absolute atomic E-state index is 13.3. The van der Waals surface area contributed by atoms with E-state index < -0.39 is 10.0 Å². The molecule has 0 aromatic heterocycles. The molecule has 170 valence electrons. The number of hydrogen-bond acceptors (Lipinski definition) is 5. The van der Waals surface area contributed by atoms with Crippen molar-refractivity contribution in [2.24, 2.45) is 0 Å². The Morgan fingerprint density at radius 3 is 2.19 bits per heavy atom. The van der Waals surface area contributed by atoms with Crippen molar-refractivity contribution in [2.75, 3.05) is 30.3 Å². The first-order chi connectivity index (χ1) is 15.2. The Morgan fingerprint density at radius 2 is 1.59 bits per heavy atom. The first-order valence-corrected chi connectivity index (χ1v) is 12.2. The molecule has 2 amide bonds. The minimum Gasteiger partial charge on any atom is -0.326 e. The zero-order valence-corrected chi connectivity index (χ0v) is 19.1. The summed E-state index contributed by atoms with van der Waals surface area (Å²) >= 11 is 0. The summed E-state index contributed by atoms with van der Waals surface area (Å²) in [4.78, 5) is 26.0. The van der Waals surface area contributed by atoms with Crippen LogP contribution < -0.4 is 10.6 Å². The minimum absolute atomic E-state index is 0.0939. The zero-order valence-electron chi connectivity index (χ0n) is 18.2. The molecule has 0 aliphatic carbocycles. The molecule has 4 rings (SSSR count). The second-order valence-electron chi connectivity index (χ2n) is 8.48. The molecular formula is C23H28N4O4S. The van der Waals surface area contributed by atoms with E-state index in [2.05, 4.69) is 10.6 Å². The zero-order chi connectivity index (χ0) is 22.9. The number of likely N-dealkylation sites (tertiary alicyclic amines) is 1. The van der Waals surface area contributed by atoms with Crippen LogP contribution in [0.3, 0.4) is 0 Å². The summed E-state index contributed by atoms with van der Waals surface area (Å²) in [6.45, 7) is 4.65. The molecule has 2 atom stereocenters. The predicted octanol–water partition coefficient (Wildman–Crippen LogP) is 2.43. The van der Waals surface area contributed by atoms with Gasteiger partial charge < -0.3 is 10.6 Å². The van der Waals surface area contributed by atoms with Crippen molar-refractivity contribution in [3.05, 3.63) is 54.1 Å².